The van der Waals surface area contributed by atoms with E-state index in [0.29, 0.717) is 33.5 Å². The van der Waals surface area contributed by atoms with Crippen LogP contribution in [0.2, 0.25) is 5.02 Å². The van der Waals surface area contributed by atoms with Crippen molar-refractivity contribution < 1.29 is 19.1 Å². The number of amides is 2. The van der Waals surface area contributed by atoms with Crippen molar-refractivity contribution in [3.05, 3.63) is 53.1 Å². The van der Waals surface area contributed by atoms with Crippen molar-refractivity contribution in [2.45, 2.75) is 13.0 Å². The molecule has 1 aliphatic rings. The van der Waals surface area contributed by atoms with Crippen LogP contribution < -0.4 is 20.1 Å². The molecule has 0 aliphatic carbocycles. The monoisotopic (exact) mass is 372 g/mol. The lowest BCUT2D eigenvalue weighted by atomic mass is 10.2. The van der Waals surface area contributed by atoms with E-state index in [1.165, 1.54) is 6.08 Å². The second kappa shape index (κ2) is 7.49. The van der Waals surface area contributed by atoms with Crippen LogP contribution in [-0.2, 0) is 9.59 Å². The van der Waals surface area contributed by atoms with Crippen LogP contribution in [0.5, 0.6) is 11.5 Å². The van der Waals surface area contributed by atoms with Gasteiger partial charge in [-0.1, -0.05) is 11.6 Å². The number of fused-ring (bicyclic) bond motifs is 1. The fourth-order valence-electron chi connectivity index (χ4n) is 2.47. The second-order valence-corrected chi connectivity index (χ2v) is 6.11. The van der Waals surface area contributed by atoms with E-state index >= 15 is 0 Å². The summed E-state index contributed by atoms with van der Waals surface area (Å²) < 4.78 is 10.7. The van der Waals surface area contributed by atoms with Gasteiger partial charge in [0.05, 0.1) is 12.8 Å². The number of benzene rings is 2. The topological polar surface area (TPSA) is 76.7 Å². The van der Waals surface area contributed by atoms with Gasteiger partial charge in [-0.2, -0.15) is 0 Å². The average Bonchev–Trinajstić information content (AvgIpc) is 2.61. The third-order valence-electron chi connectivity index (χ3n) is 3.78. The van der Waals surface area contributed by atoms with E-state index < -0.39 is 6.10 Å². The Morgan fingerprint density at radius 3 is 2.88 bits per heavy atom. The Morgan fingerprint density at radius 1 is 1.31 bits per heavy atom. The summed E-state index contributed by atoms with van der Waals surface area (Å²) in [7, 11) is 1.55. The second-order valence-electron chi connectivity index (χ2n) is 5.67. The highest BCUT2D eigenvalue weighted by molar-refractivity contribution is 6.30. The van der Waals surface area contributed by atoms with E-state index in [1.807, 2.05) is 0 Å². The van der Waals surface area contributed by atoms with Gasteiger partial charge in [0.25, 0.3) is 5.91 Å². The number of halogens is 1. The minimum absolute atomic E-state index is 0.228. The molecule has 0 saturated carbocycles. The summed E-state index contributed by atoms with van der Waals surface area (Å²) in [4.78, 5) is 23.8. The fraction of sp³-hybridized carbons (Fsp3) is 0.158. The summed E-state index contributed by atoms with van der Waals surface area (Å²) >= 11 is 5.97. The van der Waals surface area contributed by atoms with E-state index in [1.54, 1.807) is 56.5 Å². The van der Waals surface area contributed by atoms with E-state index in [0.717, 1.165) is 0 Å². The molecule has 6 nitrogen and oxygen atoms in total. The van der Waals surface area contributed by atoms with Gasteiger partial charge >= 0.3 is 0 Å². The van der Waals surface area contributed by atoms with Crippen molar-refractivity contribution in [1.82, 2.24) is 0 Å². The molecular formula is C19H17ClN2O4. The standard InChI is InChI=1S/C19H17ClN2O4/c1-11-19(24)22-15-10-14(5-7-17(15)26-11)21-18(23)8-3-12-9-13(20)4-6-16(12)25-2/h3-11H,1-2H3,(H,21,23)(H,22,24)/b8-3+. The lowest BCUT2D eigenvalue weighted by Crippen LogP contribution is -2.34. The van der Waals surface area contributed by atoms with Crippen molar-refractivity contribution in [3.8, 4) is 11.5 Å². The molecule has 7 heteroatoms. The maximum atomic E-state index is 12.2. The van der Waals surface area contributed by atoms with Crippen molar-refractivity contribution in [1.29, 1.82) is 0 Å². The largest absolute Gasteiger partial charge is 0.496 e. The molecule has 1 heterocycles. The molecule has 2 aromatic carbocycles. The maximum Gasteiger partial charge on any atom is 0.265 e. The predicted octanol–water partition coefficient (Wildman–Crippen LogP) is 3.72. The SMILES string of the molecule is COc1ccc(Cl)cc1/C=C/C(=O)Nc1ccc2c(c1)NC(=O)C(C)O2. The van der Waals surface area contributed by atoms with Crippen LogP contribution in [-0.4, -0.2) is 25.0 Å². The van der Waals surface area contributed by atoms with Gasteiger partial charge in [0.1, 0.15) is 11.5 Å². The van der Waals surface area contributed by atoms with Crippen LogP contribution in [0.3, 0.4) is 0 Å². The maximum absolute atomic E-state index is 12.2. The molecule has 26 heavy (non-hydrogen) atoms. The Hall–Kier alpha value is -2.99. The minimum atomic E-state index is -0.543. The summed E-state index contributed by atoms with van der Waals surface area (Å²) in [5, 5.41) is 6.02. The first-order chi connectivity index (χ1) is 12.5. The van der Waals surface area contributed by atoms with Crippen LogP contribution in [0.15, 0.2) is 42.5 Å². The van der Waals surface area contributed by atoms with Gasteiger partial charge in [-0.05, 0) is 49.4 Å². The zero-order valence-electron chi connectivity index (χ0n) is 14.2. The number of anilines is 2. The van der Waals surface area contributed by atoms with Gasteiger partial charge in [0.15, 0.2) is 6.10 Å². The van der Waals surface area contributed by atoms with Crippen molar-refractivity contribution >= 4 is 40.9 Å². The van der Waals surface area contributed by atoms with Crippen molar-refractivity contribution in [2.75, 3.05) is 17.7 Å². The molecule has 0 spiro atoms. The molecule has 134 valence electrons. The smallest absolute Gasteiger partial charge is 0.265 e. The number of methoxy groups -OCH3 is 1. The first-order valence-corrected chi connectivity index (χ1v) is 8.28. The number of carbonyl (C=O) groups excluding carboxylic acids is 2. The lowest BCUT2D eigenvalue weighted by Gasteiger charge is -2.23. The van der Waals surface area contributed by atoms with E-state index in [4.69, 9.17) is 21.1 Å². The van der Waals surface area contributed by atoms with Gasteiger partial charge in [-0.3, -0.25) is 9.59 Å². The number of rotatable bonds is 4. The summed E-state index contributed by atoms with van der Waals surface area (Å²) in [5.74, 6) is 0.618. The normalized spacial score (nSPS) is 15.8. The van der Waals surface area contributed by atoms with Gasteiger partial charge in [0.2, 0.25) is 5.91 Å². The minimum Gasteiger partial charge on any atom is -0.496 e. The molecule has 1 unspecified atom stereocenters. The Morgan fingerprint density at radius 2 is 2.12 bits per heavy atom. The Bertz CT molecular complexity index is 895. The molecule has 0 radical (unpaired) electrons. The third kappa shape index (κ3) is 3.97. The number of ether oxygens (including phenoxy) is 2. The highest BCUT2D eigenvalue weighted by Gasteiger charge is 2.23. The highest BCUT2D eigenvalue weighted by Crippen LogP contribution is 2.32. The van der Waals surface area contributed by atoms with Crippen LogP contribution in [0, 0.1) is 0 Å². The fourth-order valence-corrected chi connectivity index (χ4v) is 2.65. The Kier molecular flexibility index (Phi) is 5.14. The zero-order valence-corrected chi connectivity index (χ0v) is 15.0. The molecule has 0 saturated heterocycles. The van der Waals surface area contributed by atoms with Gasteiger partial charge in [0, 0.05) is 22.3 Å². The molecular weight excluding hydrogens is 356 g/mol. The zero-order chi connectivity index (χ0) is 18.7. The Labute approximate surface area is 155 Å². The lowest BCUT2D eigenvalue weighted by molar-refractivity contribution is -0.122. The Balaban J connectivity index is 1.72. The molecule has 2 aromatic rings. The number of nitrogens with one attached hydrogen (secondary N) is 2. The molecule has 1 atom stereocenters. The molecule has 2 N–H and O–H groups in total. The van der Waals surface area contributed by atoms with Crippen LogP contribution in [0.1, 0.15) is 12.5 Å². The first-order valence-electron chi connectivity index (χ1n) is 7.90. The van der Waals surface area contributed by atoms with Gasteiger partial charge < -0.3 is 20.1 Å². The number of hydrogen-bond acceptors (Lipinski definition) is 4. The molecule has 0 aromatic heterocycles. The van der Waals surface area contributed by atoms with E-state index in [9.17, 15) is 9.59 Å². The first kappa shape index (κ1) is 17.8. The summed E-state index contributed by atoms with van der Waals surface area (Å²) in [6, 6.07) is 10.2. The third-order valence-corrected chi connectivity index (χ3v) is 4.02. The van der Waals surface area contributed by atoms with Crippen LogP contribution in [0.4, 0.5) is 11.4 Å². The van der Waals surface area contributed by atoms with Crippen LogP contribution in [0.25, 0.3) is 6.08 Å². The molecule has 0 bridgehead atoms. The number of carbonyl (C=O) groups is 2. The summed E-state index contributed by atoms with van der Waals surface area (Å²) in [6.45, 7) is 1.67. The summed E-state index contributed by atoms with van der Waals surface area (Å²) in [5.41, 5.74) is 1.75. The highest BCUT2D eigenvalue weighted by atomic mass is 35.5. The van der Waals surface area contributed by atoms with E-state index in [2.05, 4.69) is 10.6 Å². The molecule has 2 amide bonds. The van der Waals surface area contributed by atoms with Gasteiger partial charge in [-0.15, -0.1) is 0 Å². The van der Waals surface area contributed by atoms with E-state index in [-0.39, 0.29) is 11.8 Å². The van der Waals surface area contributed by atoms with Crippen LogP contribution >= 0.6 is 11.6 Å². The summed E-state index contributed by atoms with van der Waals surface area (Å²) in [6.07, 6.45) is 2.45. The van der Waals surface area contributed by atoms with Crippen molar-refractivity contribution in [3.63, 3.8) is 0 Å². The molecule has 0 fully saturated rings. The predicted molar refractivity (Wildman–Crippen MR) is 101 cm³/mol. The molecule has 1 aliphatic heterocycles. The van der Waals surface area contributed by atoms with Crippen molar-refractivity contribution in [2.24, 2.45) is 0 Å². The molecule has 3 rings (SSSR count). The quantitative estimate of drug-likeness (QED) is 0.802. The number of hydrogen-bond donors (Lipinski definition) is 2. The average molecular weight is 373 g/mol. The van der Waals surface area contributed by atoms with Gasteiger partial charge in [-0.25, -0.2) is 0 Å².